The number of imidazole rings is 1. The standard InChI is InChI=1S/C20H22N4O4S/c1-13-5-7-15(29(27,28)24-9-3-2-4-10-24)12-16(13)19(25)21-14-6-8-17-18(11-14)23-20(26)22-17/h5-8,11-12H,2-4,9-10H2,1H3,(H,21,25)(H2,22,23,26). The number of carbonyl (C=O) groups excluding carboxylic acids is 1. The minimum Gasteiger partial charge on any atom is -0.322 e. The van der Waals surface area contributed by atoms with E-state index in [0.29, 0.717) is 40.9 Å². The Morgan fingerprint density at radius 3 is 2.48 bits per heavy atom. The predicted molar refractivity (Wildman–Crippen MR) is 111 cm³/mol. The Kier molecular flexibility index (Phi) is 5.01. The smallest absolute Gasteiger partial charge is 0.322 e. The highest BCUT2D eigenvalue weighted by molar-refractivity contribution is 7.89. The molecule has 0 spiro atoms. The van der Waals surface area contributed by atoms with E-state index in [1.54, 1.807) is 37.3 Å². The van der Waals surface area contributed by atoms with Crippen LogP contribution in [0.25, 0.3) is 11.0 Å². The first kappa shape index (κ1) is 19.4. The van der Waals surface area contributed by atoms with Crippen LogP contribution in [0.4, 0.5) is 5.69 Å². The summed E-state index contributed by atoms with van der Waals surface area (Å²) in [6.07, 6.45) is 2.73. The third-order valence-electron chi connectivity index (χ3n) is 5.18. The summed E-state index contributed by atoms with van der Waals surface area (Å²) in [7, 11) is -3.62. The SMILES string of the molecule is Cc1ccc(S(=O)(=O)N2CCCCC2)cc1C(=O)Nc1ccc2[nH]c(=O)[nH]c2c1. The number of H-pyrrole nitrogens is 2. The van der Waals surface area contributed by atoms with E-state index in [-0.39, 0.29) is 10.6 Å². The molecule has 1 amide bonds. The van der Waals surface area contributed by atoms with Crippen molar-refractivity contribution in [2.24, 2.45) is 0 Å². The average molecular weight is 414 g/mol. The van der Waals surface area contributed by atoms with E-state index in [4.69, 9.17) is 0 Å². The van der Waals surface area contributed by atoms with Crippen LogP contribution in [-0.2, 0) is 10.0 Å². The summed E-state index contributed by atoms with van der Waals surface area (Å²) < 4.78 is 27.4. The summed E-state index contributed by atoms with van der Waals surface area (Å²) >= 11 is 0. The molecule has 0 radical (unpaired) electrons. The van der Waals surface area contributed by atoms with Gasteiger partial charge in [0.15, 0.2) is 0 Å². The van der Waals surface area contributed by atoms with E-state index in [0.717, 1.165) is 19.3 Å². The fourth-order valence-electron chi connectivity index (χ4n) is 3.57. The average Bonchev–Trinajstić information content (AvgIpc) is 3.08. The monoisotopic (exact) mass is 414 g/mol. The molecule has 1 aromatic heterocycles. The maximum Gasteiger partial charge on any atom is 0.323 e. The van der Waals surface area contributed by atoms with Crippen molar-refractivity contribution in [1.82, 2.24) is 14.3 Å². The van der Waals surface area contributed by atoms with Crippen LogP contribution >= 0.6 is 0 Å². The van der Waals surface area contributed by atoms with Crippen LogP contribution in [0.1, 0.15) is 35.2 Å². The van der Waals surface area contributed by atoms with Gasteiger partial charge in [0.25, 0.3) is 5.91 Å². The van der Waals surface area contributed by atoms with E-state index in [1.807, 2.05) is 0 Å². The number of fused-ring (bicyclic) bond motifs is 1. The van der Waals surface area contributed by atoms with Crippen molar-refractivity contribution in [3.8, 4) is 0 Å². The second-order valence-electron chi connectivity index (χ2n) is 7.24. The summed E-state index contributed by atoms with van der Waals surface area (Å²) in [6, 6.07) is 9.64. The van der Waals surface area contributed by atoms with Crippen molar-refractivity contribution in [3.05, 3.63) is 58.0 Å². The molecule has 0 aliphatic carbocycles. The number of aryl methyl sites for hydroxylation is 1. The number of sulfonamides is 1. The maximum atomic E-state index is 12.9. The van der Waals surface area contributed by atoms with Crippen LogP contribution in [0.3, 0.4) is 0 Å². The number of aromatic nitrogens is 2. The van der Waals surface area contributed by atoms with Gasteiger partial charge in [0.1, 0.15) is 0 Å². The Bertz CT molecular complexity index is 1240. The molecule has 2 aromatic carbocycles. The summed E-state index contributed by atoms with van der Waals surface area (Å²) in [5.74, 6) is -0.407. The second-order valence-corrected chi connectivity index (χ2v) is 9.17. The van der Waals surface area contributed by atoms with Gasteiger partial charge in [0.2, 0.25) is 10.0 Å². The van der Waals surface area contributed by atoms with E-state index in [9.17, 15) is 18.0 Å². The highest BCUT2D eigenvalue weighted by atomic mass is 32.2. The van der Waals surface area contributed by atoms with Gasteiger partial charge >= 0.3 is 5.69 Å². The third kappa shape index (κ3) is 3.83. The molecular weight excluding hydrogens is 392 g/mol. The zero-order valence-electron chi connectivity index (χ0n) is 16.0. The molecule has 1 saturated heterocycles. The van der Waals surface area contributed by atoms with Crippen molar-refractivity contribution in [3.63, 3.8) is 0 Å². The highest BCUT2D eigenvalue weighted by Crippen LogP contribution is 2.24. The van der Waals surface area contributed by atoms with Gasteiger partial charge in [-0.05, 0) is 55.7 Å². The lowest BCUT2D eigenvalue weighted by atomic mass is 10.1. The first-order chi connectivity index (χ1) is 13.8. The van der Waals surface area contributed by atoms with Crippen molar-refractivity contribution in [1.29, 1.82) is 0 Å². The number of aromatic amines is 2. The molecule has 0 bridgehead atoms. The van der Waals surface area contributed by atoms with Gasteiger partial charge in [-0.2, -0.15) is 4.31 Å². The Labute approximate surface area is 168 Å². The van der Waals surface area contributed by atoms with Crippen LogP contribution in [-0.4, -0.2) is 41.7 Å². The number of anilines is 1. The number of hydrogen-bond acceptors (Lipinski definition) is 4. The first-order valence-electron chi connectivity index (χ1n) is 9.49. The summed E-state index contributed by atoms with van der Waals surface area (Å²) in [5, 5.41) is 2.78. The van der Waals surface area contributed by atoms with Crippen LogP contribution < -0.4 is 11.0 Å². The summed E-state index contributed by atoms with van der Waals surface area (Å²) in [5.41, 5.74) is 2.36. The molecule has 9 heteroatoms. The molecule has 0 saturated carbocycles. The fourth-order valence-corrected chi connectivity index (χ4v) is 5.11. The van der Waals surface area contributed by atoms with E-state index in [2.05, 4.69) is 15.3 Å². The Morgan fingerprint density at radius 1 is 1.00 bits per heavy atom. The number of nitrogens with zero attached hydrogens (tertiary/aromatic N) is 1. The zero-order valence-corrected chi connectivity index (χ0v) is 16.8. The summed E-state index contributed by atoms with van der Waals surface area (Å²) in [6.45, 7) is 2.78. The van der Waals surface area contributed by atoms with Crippen LogP contribution in [0.15, 0.2) is 46.1 Å². The second kappa shape index (κ2) is 7.49. The molecule has 1 fully saturated rings. The van der Waals surface area contributed by atoms with Crippen molar-refractivity contribution < 1.29 is 13.2 Å². The Hall–Kier alpha value is -2.91. The number of amides is 1. The van der Waals surface area contributed by atoms with Crippen molar-refractivity contribution >= 4 is 32.7 Å². The quantitative estimate of drug-likeness (QED) is 0.609. The molecule has 4 rings (SSSR count). The number of hydrogen-bond donors (Lipinski definition) is 3. The van der Waals surface area contributed by atoms with E-state index in [1.165, 1.54) is 10.4 Å². The number of carbonyl (C=O) groups is 1. The van der Waals surface area contributed by atoms with Gasteiger partial charge in [-0.1, -0.05) is 12.5 Å². The molecule has 8 nitrogen and oxygen atoms in total. The molecule has 2 heterocycles. The molecule has 1 aliphatic rings. The largest absolute Gasteiger partial charge is 0.323 e. The lowest BCUT2D eigenvalue weighted by Gasteiger charge is -2.26. The molecule has 152 valence electrons. The third-order valence-corrected chi connectivity index (χ3v) is 7.07. The van der Waals surface area contributed by atoms with Gasteiger partial charge in [0.05, 0.1) is 15.9 Å². The zero-order chi connectivity index (χ0) is 20.6. The van der Waals surface area contributed by atoms with E-state index < -0.39 is 15.9 Å². The van der Waals surface area contributed by atoms with Gasteiger partial charge in [-0.15, -0.1) is 0 Å². The van der Waals surface area contributed by atoms with Crippen LogP contribution in [0, 0.1) is 6.92 Å². The normalized spacial score (nSPS) is 15.5. The molecule has 1 aliphatic heterocycles. The molecule has 3 N–H and O–H groups in total. The van der Waals surface area contributed by atoms with Crippen LogP contribution in [0.5, 0.6) is 0 Å². The number of rotatable bonds is 4. The molecule has 3 aromatic rings. The number of benzene rings is 2. The molecule has 0 unspecified atom stereocenters. The van der Waals surface area contributed by atoms with Gasteiger partial charge < -0.3 is 15.3 Å². The maximum absolute atomic E-state index is 12.9. The Balaban J connectivity index is 1.62. The summed E-state index contributed by atoms with van der Waals surface area (Å²) in [4.78, 5) is 29.6. The number of piperidine rings is 1. The fraction of sp³-hybridized carbons (Fsp3) is 0.300. The topological polar surface area (TPSA) is 115 Å². The van der Waals surface area contributed by atoms with Crippen LogP contribution in [0.2, 0.25) is 0 Å². The molecule has 29 heavy (non-hydrogen) atoms. The minimum atomic E-state index is -3.62. The van der Waals surface area contributed by atoms with Gasteiger partial charge in [-0.25, -0.2) is 13.2 Å². The van der Waals surface area contributed by atoms with Crippen molar-refractivity contribution in [2.75, 3.05) is 18.4 Å². The molecular formula is C20H22N4O4S. The predicted octanol–water partition coefficient (Wildman–Crippen LogP) is 2.59. The minimum absolute atomic E-state index is 0.126. The van der Waals surface area contributed by atoms with E-state index >= 15 is 0 Å². The van der Waals surface area contributed by atoms with Gasteiger partial charge in [0, 0.05) is 24.3 Å². The first-order valence-corrected chi connectivity index (χ1v) is 10.9. The lowest BCUT2D eigenvalue weighted by molar-refractivity contribution is 0.102. The lowest BCUT2D eigenvalue weighted by Crippen LogP contribution is -2.35. The van der Waals surface area contributed by atoms with Crippen molar-refractivity contribution in [2.45, 2.75) is 31.1 Å². The van der Waals surface area contributed by atoms with Gasteiger partial charge in [-0.3, -0.25) is 4.79 Å². The Morgan fingerprint density at radius 2 is 1.72 bits per heavy atom. The molecule has 0 atom stereocenters. The number of nitrogens with one attached hydrogen (secondary N) is 3. The highest BCUT2D eigenvalue weighted by Gasteiger charge is 2.27.